The van der Waals surface area contributed by atoms with Gasteiger partial charge in [-0.3, -0.25) is 4.79 Å². The highest BCUT2D eigenvalue weighted by Gasteiger charge is 2.06. The lowest BCUT2D eigenvalue weighted by Gasteiger charge is -2.04. The first kappa shape index (κ1) is 12.0. The molecular weight excluding hydrogens is 230 g/mol. The maximum Gasteiger partial charge on any atom is 0.270 e. The number of aromatic nitrogens is 3. The third-order valence-corrected chi connectivity index (χ3v) is 2.34. The molecule has 6 nitrogen and oxygen atoms in total. The molecule has 2 heterocycles. The third-order valence-electron chi connectivity index (χ3n) is 2.34. The van der Waals surface area contributed by atoms with Gasteiger partial charge in [0.15, 0.2) is 0 Å². The number of rotatable bonds is 4. The Kier molecular flexibility index (Phi) is 3.80. The summed E-state index contributed by atoms with van der Waals surface area (Å²) in [6, 6.07) is 7.03. The van der Waals surface area contributed by atoms with Crippen molar-refractivity contribution in [1.29, 1.82) is 0 Å². The number of nitrogens with zero attached hydrogens (tertiary/aromatic N) is 3. The van der Waals surface area contributed by atoms with Crippen LogP contribution < -0.4 is 10.6 Å². The van der Waals surface area contributed by atoms with Gasteiger partial charge in [0, 0.05) is 13.2 Å². The number of carbonyl (C=O) groups is 1. The van der Waals surface area contributed by atoms with E-state index in [-0.39, 0.29) is 5.91 Å². The summed E-state index contributed by atoms with van der Waals surface area (Å²) >= 11 is 0. The molecular formula is C12H13N5O. The Balaban J connectivity index is 1.95. The van der Waals surface area contributed by atoms with Crippen LogP contribution in [0, 0.1) is 0 Å². The van der Waals surface area contributed by atoms with E-state index < -0.39 is 0 Å². The molecule has 0 radical (unpaired) electrons. The zero-order valence-electron chi connectivity index (χ0n) is 9.92. The van der Waals surface area contributed by atoms with E-state index in [4.69, 9.17) is 0 Å². The van der Waals surface area contributed by atoms with Crippen LogP contribution in [-0.4, -0.2) is 28.1 Å². The summed E-state index contributed by atoms with van der Waals surface area (Å²) in [5.74, 6) is -0.233. The molecule has 0 aliphatic carbocycles. The minimum atomic E-state index is -0.233. The third kappa shape index (κ3) is 3.00. The summed E-state index contributed by atoms with van der Waals surface area (Å²) in [5.41, 5.74) is 1.94. The first-order valence-corrected chi connectivity index (χ1v) is 5.48. The van der Waals surface area contributed by atoms with Gasteiger partial charge < -0.3 is 10.6 Å². The molecule has 0 atom stereocenters. The van der Waals surface area contributed by atoms with Gasteiger partial charge in [-0.2, -0.15) is 10.2 Å². The fourth-order valence-corrected chi connectivity index (χ4v) is 1.37. The summed E-state index contributed by atoms with van der Waals surface area (Å²) in [5, 5.41) is 13.3. The number of amides is 1. The van der Waals surface area contributed by atoms with E-state index in [1.165, 1.54) is 0 Å². The van der Waals surface area contributed by atoms with Crippen LogP contribution in [-0.2, 0) is 6.54 Å². The topological polar surface area (TPSA) is 79.8 Å². The van der Waals surface area contributed by atoms with Gasteiger partial charge in [-0.25, -0.2) is 4.98 Å². The molecule has 0 aliphatic rings. The van der Waals surface area contributed by atoms with Crippen molar-refractivity contribution in [2.45, 2.75) is 6.54 Å². The van der Waals surface area contributed by atoms with Gasteiger partial charge in [0.2, 0.25) is 0 Å². The van der Waals surface area contributed by atoms with E-state index in [0.29, 0.717) is 17.9 Å². The normalized spacial score (nSPS) is 9.83. The first-order valence-electron chi connectivity index (χ1n) is 5.48. The molecule has 2 aromatic rings. The number of hydrogen-bond donors (Lipinski definition) is 2. The van der Waals surface area contributed by atoms with Gasteiger partial charge in [-0.1, -0.05) is 0 Å². The lowest BCUT2D eigenvalue weighted by Crippen LogP contribution is -2.24. The average molecular weight is 243 g/mol. The minimum Gasteiger partial charge on any atom is -0.387 e. The predicted molar refractivity (Wildman–Crippen MR) is 67.0 cm³/mol. The van der Waals surface area contributed by atoms with E-state index in [9.17, 15) is 4.79 Å². The first-order chi connectivity index (χ1) is 8.79. The van der Waals surface area contributed by atoms with Crippen LogP contribution in [0.1, 0.15) is 16.2 Å². The molecule has 92 valence electrons. The second-order valence-electron chi connectivity index (χ2n) is 3.58. The molecule has 0 saturated carbocycles. The average Bonchev–Trinajstić information content (AvgIpc) is 2.46. The second-order valence-corrected chi connectivity index (χ2v) is 3.58. The SMILES string of the molecule is CNc1ccc(C(=O)NCc2cccnn2)nc1. The lowest BCUT2D eigenvalue weighted by atomic mass is 10.3. The molecule has 0 unspecified atom stereocenters. The Morgan fingerprint density at radius 3 is 2.83 bits per heavy atom. The van der Waals surface area contributed by atoms with Crippen LogP contribution in [0.5, 0.6) is 0 Å². The zero-order chi connectivity index (χ0) is 12.8. The van der Waals surface area contributed by atoms with Gasteiger partial charge in [-0.05, 0) is 24.3 Å². The van der Waals surface area contributed by atoms with Crippen LogP contribution in [0.3, 0.4) is 0 Å². The van der Waals surface area contributed by atoms with Crippen molar-refractivity contribution in [3.05, 3.63) is 48.0 Å². The molecule has 2 N–H and O–H groups in total. The Morgan fingerprint density at radius 1 is 1.33 bits per heavy atom. The van der Waals surface area contributed by atoms with Crippen molar-refractivity contribution in [2.24, 2.45) is 0 Å². The summed E-state index contributed by atoms with van der Waals surface area (Å²) < 4.78 is 0. The maximum atomic E-state index is 11.8. The standard InChI is InChI=1S/C12H13N5O/c1-13-9-4-5-11(14-7-9)12(18)15-8-10-3-2-6-16-17-10/h2-7,13H,8H2,1H3,(H,15,18). The van der Waals surface area contributed by atoms with E-state index in [2.05, 4.69) is 25.8 Å². The molecule has 0 spiro atoms. The van der Waals surface area contributed by atoms with E-state index >= 15 is 0 Å². The van der Waals surface area contributed by atoms with Crippen LogP contribution in [0.2, 0.25) is 0 Å². The minimum absolute atomic E-state index is 0.233. The van der Waals surface area contributed by atoms with Crippen LogP contribution >= 0.6 is 0 Å². The highest BCUT2D eigenvalue weighted by molar-refractivity contribution is 5.92. The molecule has 0 aromatic carbocycles. The highest BCUT2D eigenvalue weighted by Crippen LogP contribution is 2.04. The molecule has 0 aliphatic heterocycles. The molecule has 2 aromatic heterocycles. The molecule has 1 amide bonds. The lowest BCUT2D eigenvalue weighted by molar-refractivity contribution is 0.0945. The van der Waals surface area contributed by atoms with Crippen LogP contribution in [0.15, 0.2) is 36.7 Å². The molecule has 2 rings (SSSR count). The molecule has 0 saturated heterocycles. The number of carbonyl (C=O) groups excluding carboxylic acids is 1. The van der Waals surface area contributed by atoms with Crippen molar-refractivity contribution in [3.63, 3.8) is 0 Å². The number of hydrogen-bond acceptors (Lipinski definition) is 5. The summed E-state index contributed by atoms with van der Waals surface area (Å²) in [7, 11) is 1.80. The molecule has 0 fully saturated rings. The van der Waals surface area contributed by atoms with Crippen molar-refractivity contribution in [1.82, 2.24) is 20.5 Å². The predicted octanol–water partition coefficient (Wildman–Crippen LogP) is 0.843. The fourth-order valence-electron chi connectivity index (χ4n) is 1.37. The van der Waals surface area contributed by atoms with Gasteiger partial charge in [0.05, 0.1) is 24.1 Å². The van der Waals surface area contributed by atoms with E-state index in [1.807, 2.05) is 0 Å². The summed E-state index contributed by atoms with van der Waals surface area (Å²) in [4.78, 5) is 15.8. The number of pyridine rings is 1. The zero-order valence-corrected chi connectivity index (χ0v) is 9.92. The second kappa shape index (κ2) is 5.72. The Labute approximate surface area is 104 Å². The molecule has 6 heteroatoms. The summed E-state index contributed by atoms with van der Waals surface area (Å²) in [6.45, 7) is 0.335. The van der Waals surface area contributed by atoms with Gasteiger partial charge in [0.1, 0.15) is 5.69 Å². The Morgan fingerprint density at radius 2 is 2.22 bits per heavy atom. The number of nitrogens with one attached hydrogen (secondary N) is 2. The Hall–Kier alpha value is -2.50. The maximum absolute atomic E-state index is 11.8. The highest BCUT2D eigenvalue weighted by atomic mass is 16.1. The van der Waals surface area contributed by atoms with Crippen LogP contribution in [0.4, 0.5) is 5.69 Å². The van der Waals surface area contributed by atoms with E-state index in [0.717, 1.165) is 5.69 Å². The number of anilines is 1. The van der Waals surface area contributed by atoms with Crippen molar-refractivity contribution in [3.8, 4) is 0 Å². The smallest absolute Gasteiger partial charge is 0.270 e. The quantitative estimate of drug-likeness (QED) is 0.832. The molecule has 0 bridgehead atoms. The van der Waals surface area contributed by atoms with Crippen molar-refractivity contribution >= 4 is 11.6 Å². The van der Waals surface area contributed by atoms with Gasteiger partial charge >= 0.3 is 0 Å². The van der Waals surface area contributed by atoms with Crippen molar-refractivity contribution < 1.29 is 4.79 Å². The Bertz CT molecular complexity index is 512. The fraction of sp³-hybridized carbons (Fsp3) is 0.167. The van der Waals surface area contributed by atoms with E-state index in [1.54, 1.807) is 43.7 Å². The molecule has 18 heavy (non-hydrogen) atoms. The van der Waals surface area contributed by atoms with Crippen LogP contribution in [0.25, 0.3) is 0 Å². The monoisotopic (exact) mass is 243 g/mol. The van der Waals surface area contributed by atoms with Gasteiger partial charge in [0.25, 0.3) is 5.91 Å². The summed E-state index contributed by atoms with van der Waals surface area (Å²) in [6.07, 6.45) is 3.20. The van der Waals surface area contributed by atoms with Gasteiger partial charge in [-0.15, -0.1) is 0 Å². The largest absolute Gasteiger partial charge is 0.387 e. The van der Waals surface area contributed by atoms with Crippen molar-refractivity contribution in [2.75, 3.05) is 12.4 Å².